The van der Waals surface area contributed by atoms with Crippen molar-refractivity contribution in [3.05, 3.63) is 47.0 Å². The van der Waals surface area contributed by atoms with Crippen LogP contribution in [0, 0.1) is 19.7 Å². The van der Waals surface area contributed by atoms with Crippen LogP contribution >= 0.6 is 0 Å². The SMILES string of the molecule is Cc1n[nH]c(C)c1S(=O)(=O)NC(C)c1ccccc1F. The van der Waals surface area contributed by atoms with Gasteiger partial charge in [0.1, 0.15) is 10.7 Å². The zero-order chi connectivity index (χ0) is 14.9. The lowest BCUT2D eigenvalue weighted by atomic mass is 10.1. The molecule has 0 amide bonds. The number of nitrogens with one attached hydrogen (secondary N) is 2. The molecule has 5 nitrogen and oxygen atoms in total. The largest absolute Gasteiger partial charge is 0.281 e. The lowest BCUT2D eigenvalue weighted by Gasteiger charge is -2.15. The van der Waals surface area contributed by atoms with E-state index in [1.165, 1.54) is 6.07 Å². The minimum Gasteiger partial charge on any atom is -0.281 e. The highest BCUT2D eigenvalue weighted by Gasteiger charge is 2.25. The standard InChI is InChI=1S/C13H16FN3O2S/c1-8(11-6-4-5-7-12(11)14)17-20(18,19)13-9(2)15-16-10(13)3/h4-8,17H,1-3H3,(H,15,16). The molecular formula is C13H16FN3O2S. The van der Waals surface area contributed by atoms with Crippen LogP contribution in [0.1, 0.15) is 29.9 Å². The zero-order valence-corrected chi connectivity index (χ0v) is 12.3. The number of nitrogens with zero attached hydrogens (tertiary/aromatic N) is 1. The molecule has 0 fully saturated rings. The molecule has 0 aliphatic rings. The second-order valence-corrected chi connectivity index (χ2v) is 6.28. The number of aryl methyl sites for hydroxylation is 2. The Morgan fingerprint density at radius 2 is 1.95 bits per heavy atom. The fraction of sp³-hybridized carbons (Fsp3) is 0.308. The van der Waals surface area contributed by atoms with Crippen molar-refractivity contribution in [3.63, 3.8) is 0 Å². The predicted octanol–water partition coefficient (Wildman–Crippen LogP) is 2.21. The topological polar surface area (TPSA) is 74.8 Å². The second-order valence-electron chi connectivity index (χ2n) is 4.63. The number of aromatic amines is 1. The smallest absolute Gasteiger partial charge is 0.244 e. The normalized spacial score (nSPS) is 13.4. The lowest BCUT2D eigenvalue weighted by Crippen LogP contribution is -2.28. The molecule has 2 rings (SSSR count). The number of benzene rings is 1. The Kier molecular flexibility index (Phi) is 3.92. The third-order valence-electron chi connectivity index (χ3n) is 3.03. The van der Waals surface area contributed by atoms with E-state index in [0.717, 1.165) is 0 Å². The quantitative estimate of drug-likeness (QED) is 0.908. The van der Waals surface area contributed by atoms with Gasteiger partial charge in [-0.2, -0.15) is 5.10 Å². The molecule has 2 N–H and O–H groups in total. The van der Waals surface area contributed by atoms with Crippen LogP contribution < -0.4 is 4.72 Å². The van der Waals surface area contributed by atoms with E-state index in [-0.39, 0.29) is 4.90 Å². The second kappa shape index (κ2) is 5.34. The summed E-state index contributed by atoms with van der Waals surface area (Å²) in [5.74, 6) is -0.441. The van der Waals surface area contributed by atoms with Crippen LogP contribution in [-0.2, 0) is 10.0 Å². The highest BCUT2D eigenvalue weighted by atomic mass is 32.2. The van der Waals surface area contributed by atoms with E-state index in [2.05, 4.69) is 14.9 Å². The molecule has 20 heavy (non-hydrogen) atoms. The number of sulfonamides is 1. The van der Waals surface area contributed by atoms with Gasteiger partial charge in [-0.1, -0.05) is 18.2 Å². The Morgan fingerprint density at radius 3 is 2.50 bits per heavy atom. The Balaban J connectivity index is 2.32. The molecule has 0 aliphatic heterocycles. The molecule has 1 heterocycles. The van der Waals surface area contributed by atoms with Crippen molar-refractivity contribution in [1.29, 1.82) is 0 Å². The molecule has 1 aromatic carbocycles. The number of aromatic nitrogens is 2. The first-order chi connectivity index (χ1) is 9.33. The fourth-order valence-corrected chi connectivity index (χ4v) is 3.71. The summed E-state index contributed by atoms with van der Waals surface area (Å²) >= 11 is 0. The van der Waals surface area contributed by atoms with Crippen molar-refractivity contribution in [3.8, 4) is 0 Å². The van der Waals surface area contributed by atoms with Gasteiger partial charge in [0.25, 0.3) is 0 Å². The molecular weight excluding hydrogens is 281 g/mol. The first-order valence-electron chi connectivity index (χ1n) is 6.11. The molecule has 7 heteroatoms. The maximum absolute atomic E-state index is 13.7. The van der Waals surface area contributed by atoms with Crippen molar-refractivity contribution in [1.82, 2.24) is 14.9 Å². The Morgan fingerprint density at radius 1 is 1.30 bits per heavy atom. The van der Waals surface area contributed by atoms with Crippen molar-refractivity contribution < 1.29 is 12.8 Å². The van der Waals surface area contributed by atoms with E-state index in [1.807, 2.05) is 0 Å². The fourth-order valence-electron chi connectivity index (χ4n) is 2.12. The monoisotopic (exact) mass is 297 g/mol. The molecule has 1 atom stereocenters. The summed E-state index contributed by atoms with van der Waals surface area (Å²) in [7, 11) is -3.75. The third kappa shape index (κ3) is 2.73. The van der Waals surface area contributed by atoms with Gasteiger partial charge < -0.3 is 0 Å². The van der Waals surface area contributed by atoms with E-state index >= 15 is 0 Å². The summed E-state index contributed by atoms with van der Waals surface area (Å²) in [5, 5.41) is 6.49. The molecule has 108 valence electrons. The molecule has 0 radical (unpaired) electrons. The van der Waals surface area contributed by atoms with Crippen LogP contribution in [0.5, 0.6) is 0 Å². The predicted molar refractivity (Wildman–Crippen MR) is 73.2 cm³/mol. The zero-order valence-electron chi connectivity index (χ0n) is 11.4. The highest BCUT2D eigenvalue weighted by Crippen LogP contribution is 2.22. The average Bonchev–Trinajstić information content (AvgIpc) is 2.69. The highest BCUT2D eigenvalue weighted by molar-refractivity contribution is 7.89. The average molecular weight is 297 g/mol. The summed E-state index contributed by atoms with van der Waals surface area (Å²) in [6.07, 6.45) is 0. The number of H-pyrrole nitrogens is 1. The van der Waals surface area contributed by atoms with Gasteiger partial charge in [-0.25, -0.2) is 17.5 Å². The van der Waals surface area contributed by atoms with Crippen molar-refractivity contribution in [2.24, 2.45) is 0 Å². The van der Waals surface area contributed by atoms with E-state index in [1.54, 1.807) is 39.0 Å². The first-order valence-corrected chi connectivity index (χ1v) is 7.59. The first kappa shape index (κ1) is 14.7. The van der Waals surface area contributed by atoms with E-state index in [9.17, 15) is 12.8 Å². The summed E-state index contributed by atoms with van der Waals surface area (Å²) in [4.78, 5) is 0.112. The number of rotatable bonds is 4. The van der Waals surface area contributed by atoms with Gasteiger partial charge in [0.05, 0.1) is 11.4 Å². The van der Waals surface area contributed by atoms with Crippen LogP contribution in [-0.4, -0.2) is 18.6 Å². The van der Waals surface area contributed by atoms with Gasteiger partial charge in [-0.3, -0.25) is 5.10 Å². The van der Waals surface area contributed by atoms with Gasteiger partial charge in [0, 0.05) is 11.6 Å². The molecule has 0 saturated carbocycles. The summed E-state index contributed by atoms with van der Waals surface area (Å²) in [6.45, 7) is 4.83. The summed E-state index contributed by atoms with van der Waals surface area (Å²) in [5.41, 5.74) is 1.14. The third-order valence-corrected chi connectivity index (χ3v) is 4.84. The maximum atomic E-state index is 13.7. The van der Waals surface area contributed by atoms with Gasteiger partial charge in [0.2, 0.25) is 10.0 Å². The van der Waals surface area contributed by atoms with Crippen LogP contribution in [0.25, 0.3) is 0 Å². The van der Waals surface area contributed by atoms with Crippen LogP contribution in [0.15, 0.2) is 29.2 Å². The van der Waals surface area contributed by atoms with Crippen molar-refractivity contribution in [2.45, 2.75) is 31.7 Å². The molecule has 0 saturated heterocycles. The molecule has 0 aliphatic carbocycles. The molecule has 1 unspecified atom stereocenters. The van der Waals surface area contributed by atoms with Gasteiger partial charge >= 0.3 is 0 Å². The summed E-state index contributed by atoms with van der Waals surface area (Å²) in [6, 6.07) is 5.41. The molecule has 0 bridgehead atoms. The molecule has 1 aromatic heterocycles. The van der Waals surface area contributed by atoms with Gasteiger partial charge in [0.15, 0.2) is 0 Å². The summed E-state index contributed by atoms with van der Waals surface area (Å²) < 4.78 is 40.8. The Bertz CT molecular complexity index is 705. The van der Waals surface area contributed by atoms with Crippen LogP contribution in [0.3, 0.4) is 0 Å². The Labute approximate surface area is 117 Å². The molecule has 2 aromatic rings. The number of halogens is 1. The van der Waals surface area contributed by atoms with Gasteiger partial charge in [-0.05, 0) is 26.8 Å². The minimum atomic E-state index is -3.75. The number of hydrogen-bond donors (Lipinski definition) is 2. The van der Waals surface area contributed by atoms with Crippen molar-refractivity contribution >= 4 is 10.0 Å². The van der Waals surface area contributed by atoms with Crippen LogP contribution in [0.2, 0.25) is 0 Å². The van der Waals surface area contributed by atoms with Crippen LogP contribution in [0.4, 0.5) is 4.39 Å². The maximum Gasteiger partial charge on any atom is 0.244 e. The number of hydrogen-bond acceptors (Lipinski definition) is 3. The van der Waals surface area contributed by atoms with E-state index < -0.39 is 21.9 Å². The molecule has 0 spiro atoms. The minimum absolute atomic E-state index is 0.112. The van der Waals surface area contributed by atoms with E-state index in [4.69, 9.17) is 0 Å². The van der Waals surface area contributed by atoms with Crippen molar-refractivity contribution in [2.75, 3.05) is 0 Å². The lowest BCUT2D eigenvalue weighted by molar-refractivity contribution is 0.549. The van der Waals surface area contributed by atoms with E-state index in [0.29, 0.717) is 17.0 Å². The Hall–Kier alpha value is -1.73. The van der Waals surface area contributed by atoms with Gasteiger partial charge in [-0.15, -0.1) is 0 Å².